The Morgan fingerprint density at radius 2 is 1.41 bits per heavy atom. The van der Waals surface area contributed by atoms with Crippen molar-refractivity contribution in [1.82, 2.24) is 0 Å². The Morgan fingerprint density at radius 1 is 0.759 bits per heavy atom. The highest BCUT2D eigenvalue weighted by molar-refractivity contribution is 7.83. The van der Waals surface area contributed by atoms with Crippen LogP contribution in [0.1, 0.15) is 43.7 Å². The van der Waals surface area contributed by atoms with E-state index in [9.17, 15) is 4.57 Å². The molecule has 1 nitrogen and oxygen atoms in total. The van der Waals surface area contributed by atoms with Crippen LogP contribution in [0.2, 0.25) is 0 Å². The summed E-state index contributed by atoms with van der Waals surface area (Å²) < 4.78 is 14.2. The first-order chi connectivity index (χ1) is 14.2. The van der Waals surface area contributed by atoms with Crippen LogP contribution in [0, 0.1) is 23.4 Å². The maximum Gasteiger partial charge on any atom is 0.211 e. The van der Waals surface area contributed by atoms with Gasteiger partial charge in [-0.1, -0.05) is 98.2 Å². The number of unbranched alkanes of at least 4 members (excludes halogenated alkanes) is 3. The fourth-order valence-electron chi connectivity index (χ4n) is 3.05. The quantitative estimate of drug-likeness (QED) is 0.296. The van der Waals surface area contributed by atoms with Gasteiger partial charge in [0.1, 0.15) is 0 Å². The lowest BCUT2D eigenvalue weighted by atomic mass is 10.2. The SMILES string of the molecule is CCCCCC#CP(=O)(c1ccccc1)c1ccccc1C#Cc1ccccc1. The van der Waals surface area contributed by atoms with Gasteiger partial charge in [0.25, 0.3) is 0 Å². The standard InChI is InChI=1S/C27H25OP/c1-2-3-4-5-14-23-29(28,26-18-10-7-11-19-26)27-20-13-12-17-25(27)22-21-24-15-8-6-9-16-24/h6-13,15-20H,2-5H2,1H3. The van der Waals surface area contributed by atoms with E-state index in [1.165, 1.54) is 0 Å². The minimum absolute atomic E-state index is 0.720. The van der Waals surface area contributed by atoms with Crippen LogP contribution >= 0.6 is 7.14 Å². The van der Waals surface area contributed by atoms with Crippen molar-refractivity contribution in [2.24, 2.45) is 0 Å². The molecule has 2 heteroatoms. The first kappa shape index (κ1) is 20.7. The second-order valence-electron chi connectivity index (χ2n) is 6.82. The van der Waals surface area contributed by atoms with Gasteiger partial charge in [0.05, 0.1) is 0 Å². The minimum Gasteiger partial charge on any atom is -0.300 e. The van der Waals surface area contributed by atoms with E-state index in [1.54, 1.807) is 0 Å². The number of rotatable bonds is 5. The topological polar surface area (TPSA) is 17.1 Å². The van der Waals surface area contributed by atoms with E-state index in [1.807, 2.05) is 84.9 Å². The molecule has 0 heterocycles. The lowest BCUT2D eigenvalue weighted by Gasteiger charge is -2.15. The third-order valence-electron chi connectivity index (χ3n) is 4.62. The molecular weight excluding hydrogens is 371 g/mol. The van der Waals surface area contributed by atoms with Gasteiger partial charge in [-0.05, 0) is 36.3 Å². The summed E-state index contributed by atoms with van der Waals surface area (Å²) in [5.41, 5.74) is 4.87. The predicted molar refractivity (Wildman–Crippen MR) is 124 cm³/mol. The Balaban J connectivity index is 2.05. The normalized spacial score (nSPS) is 12.0. The molecule has 0 aliphatic rings. The van der Waals surface area contributed by atoms with Gasteiger partial charge in [0.2, 0.25) is 7.14 Å². The average molecular weight is 396 g/mol. The van der Waals surface area contributed by atoms with Crippen molar-refractivity contribution in [2.45, 2.75) is 32.6 Å². The summed E-state index contributed by atoms with van der Waals surface area (Å²) in [7, 11) is -3.10. The van der Waals surface area contributed by atoms with Crippen molar-refractivity contribution < 1.29 is 4.57 Å². The summed E-state index contributed by atoms with van der Waals surface area (Å²) in [4.78, 5) is 0. The molecule has 144 valence electrons. The lowest BCUT2D eigenvalue weighted by Crippen LogP contribution is -2.17. The Morgan fingerprint density at radius 3 is 2.14 bits per heavy atom. The van der Waals surface area contributed by atoms with Gasteiger partial charge in [0.15, 0.2) is 0 Å². The number of benzene rings is 3. The molecule has 1 unspecified atom stereocenters. The van der Waals surface area contributed by atoms with Crippen molar-refractivity contribution in [3.05, 3.63) is 96.1 Å². The third-order valence-corrected chi connectivity index (χ3v) is 7.19. The monoisotopic (exact) mass is 396 g/mol. The van der Waals surface area contributed by atoms with Crippen LogP contribution < -0.4 is 10.6 Å². The van der Waals surface area contributed by atoms with E-state index in [-0.39, 0.29) is 0 Å². The van der Waals surface area contributed by atoms with E-state index in [0.717, 1.165) is 47.4 Å². The van der Waals surface area contributed by atoms with Gasteiger partial charge in [-0.2, -0.15) is 0 Å². The van der Waals surface area contributed by atoms with Crippen LogP contribution in [-0.4, -0.2) is 0 Å². The molecule has 3 aromatic rings. The second-order valence-corrected chi connectivity index (χ2v) is 9.26. The third kappa shape index (κ3) is 5.51. The fraction of sp³-hybridized carbons (Fsp3) is 0.185. The molecule has 3 aromatic carbocycles. The van der Waals surface area contributed by atoms with Gasteiger partial charge in [-0.3, -0.25) is 4.57 Å². The molecule has 0 amide bonds. The van der Waals surface area contributed by atoms with Crippen molar-refractivity contribution in [2.75, 3.05) is 0 Å². The molecule has 0 aromatic heterocycles. The first-order valence-electron chi connectivity index (χ1n) is 10.1. The van der Waals surface area contributed by atoms with Gasteiger partial charge in [-0.15, -0.1) is 0 Å². The van der Waals surface area contributed by atoms with Crippen LogP contribution in [0.15, 0.2) is 84.9 Å². The molecule has 0 aliphatic carbocycles. The van der Waals surface area contributed by atoms with Crippen LogP contribution in [0.3, 0.4) is 0 Å². The highest BCUT2D eigenvalue weighted by atomic mass is 31.2. The smallest absolute Gasteiger partial charge is 0.211 e. The molecule has 3 rings (SSSR count). The summed E-state index contributed by atoms with van der Waals surface area (Å²) in [5.74, 6) is 9.61. The Labute approximate surface area is 174 Å². The summed E-state index contributed by atoms with van der Waals surface area (Å²) in [5, 5.41) is 1.48. The fourth-order valence-corrected chi connectivity index (χ4v) is 5.27. The molecule has 29 heavy (non-hydrogen) atoms. The molecule has 0 saturated heterocycles. The molecule has 0 radical (unpaired) electrons. The van der Waals surface area contributed by atoms with Crippen LogP contribution in [0.25, 0.3) is 0 Å². The van der Waals surface area contributed by atoms with E-state index in [2.05, 4.69) is 30.3 Å². The zero-order valence-electron chi connectivity index (χ0n) is 16.8. The van der Waals surface area contributed by atoms with E-state index in [4.69, 9.17) is 0 Å². The largest absolute Gasteiger partial charge is 0.300 e. The lowest BCUT2D eigenvalue weighted by molar-refractivity contribution is 0.593. The first-order valence-corrected chi connectivity index (χ1v) is 11.8. The van der Waals surface area contributed by atoms with Crippen LogP contribution in [0.4, 0.5) is 0 Å². The van der Waals surface area contributed by atoms with Crippen molar-refractivity contribution in [3.8, 4) is 23.4 Å². The van der Waals surface area contributed by atoms with E-state index < -0.39 is 7.14 Å². The maximum atomic E-state index is 14.2. The van der Waals surface area contributed by atoms with E-state index in [0.29, 0.717) is 0 Å². The molecule has 0 fully saturated rings. The molecule has 0 saturated carbocycles. The maximum absolute atomic E-state index is 14.2. The van der Waals surface area contributed by atoms with Gasteiger partial charge in [-0.25, -0.2) is 0 Å². The summed E-state index contributed by atoms with van der Waals surface area (Å²) in [6.45, 7) is 2.17. The molecule has 0 N–H and O–H groups in total. The van der Waals surface area contributed by atoms with Gasteiger partial charge in [0, 0.05) is 28.2 Å². The minimum atomic E-state index is -3.10. The van der Waals surface area contributed by atoms with Gasteiger partial charge >= 0.3 is 0 Å². The number of hydrogen-bond acceptors (Lipinski definition) is 1. The zero-order valence-corrected chi connectivity index (χ0v) is 17.7. The Bertz CT molecular complexity index is 1090. The highest BCUT2D eigenvalue weighted by Crippen LogP contribution is 2.43. The average Bonchev–Trinajstić information content (AvgIpc) is 2.79. The Hall–Kier alpha value is -2.99. The summed E-state index contributed by atoms with van der Waals surface area (Å²) >= 11 is 0. The van der Waals surface area contributed by atoms with E-state index >= 15 is 0 Å². The Kier molecular flexibility index (Phi) is 7.53. The molecule has 1 atom stereocenters. The number of hydrogen-bond donors (Lipinski definition) is 0. The van der Waals surface area contributed by atoms with Crippen molar-refractivity contribution in [1.29, 1.82) is 0 Å². The van der Waals surface area contributed by atoms with Crippen molar-refractivity contribution >= 4 is 17.8 Å². The summed E-state index contributed by atoms with van der Waals surface area (Å²) in [6, 6.07) is 27.1. The molecule has 0 spiro atoms. The van der Waals surface area contributed by atoms with Gasteiger partial charge < -0.3 is 0 Å². The van der Waals surface area contributed by atoms with Crippen molar-refractivity contribution in [3.63, 3.8) is 0 Å². The summed E-state index contributed by atoms with van der Waals surface area (Å²) in [6.07, 6.45) is 4.09. The highest BCUT2D eigenvalue weighted by Gasteiger charge is 2.27. The van der Waals surface area contributed by atoms with Crippen LogP contribution in [0.5, 0.6) is 0 Å². The molecule has 0 bridgehead atoms. The zero-order chi connectivity index (χ0) is 20.4. The van der Waals surface area contributed by atoms with Crippen LogP contribution in [-0.2, 0) is 4.57 Å². The second kappa shape index (κ2) is 10.5. The molecule has 0 aliphatic heterocycles. The predicted octanol–water partition coefficient (Wildman–Crippen LogP) is 5.94. The molecular formula is C27H25OP.